The summed E-state index contributed by atoms with van der Waals surface area (Å²) in [4.78, 5) is 12.0. The van der Waals surface area contributed by atoms with E-state index in [9.17, 15) is 13.6 Å². The van der Waals surface area contributed by atoms with Gasteiger partial charge in [0.25, 0.3) is 0 Å². The average molecular weight is 264 g/mol. The van der Waals surface area contributed by atoms with E-state index in [0.29, 0.717) is 0 Å². The summed E-state index contributed by atoms with van der Waals surface area (Å²) in [6, 6.07) is 0. The lowest BCUT2D eigenvalue weighted by Gasteiger charge is -2.31. The van der Waals surface area contributed by atoms with Crippen LogP contribution < -0.4 is 11.1 Å². The number of rotatable bonds is 3. The van der Waals surface area contributed by atoms with E-state index in [1.807, 2.05) is 0 Å². The standard InChI is InChI=1S/C11H18F2N2OS/c1-10(2,9(14)17)15-8(16)7-3-5-11(12,13)6-4-7/h7H,3-6H2,1-2H3,(H2,14,17)(H,15,16). The largest absolute Gasteiger partial charge is 0.391 e. The normalized spacial score (nSPS) is 20.9. The number of alkyl halides is 2. The first-order valence-electron chi connectivity index (χ1n) is 5.64. The van der Waals surface area contributed by atoms with Gasteiger partial charge in [0.05, 0.1) is 10.5 Å². The molecule has 1 amide bonds. The van der Waals surface area contributed by atoms with Gasteiger partial charge in [0.1, 0.15) is 0 Å². The zero-order valence-corrected chi connectivity index (χ0v) is 10.9. The lowest BCUT2D eigenvalue weighted by Crippen LogP contribution is -2.54. The van der Waals surface area contributed by atoms with Gasteiger partial charge in [-0.05, 0) is 26.7 Å². The minimum absolute atomic E-state index is 0.187. The maximum Gasteiger partial charge on any atom is 0.248 e. The molecule has 1 rings (SSSR count). The molecule has 0 unspecified atom stereocenters. The Morgan fingerprint density at radius 3 is 2.29 bits per heavy atom. The van der Waals surface area contributed by atoms with E-state index in [1.165, 1.54) is 0 Å². The molecule has 3 N–H and O–H groups in total. The van der Waals surface area contributed by atoms with Crippen molar-refractivity contribution < 1.29 is 13.6 Å². The molecule has 0 aromatic rings. The number of halogens is 2. The van der Waals surface area contributed by atoms with Gasteiger partial charge in [0.15, 0.2) is 0 Å². The molecule has 1 fully saturated rings. The summed E-state index contributed by atoms with van der Waals surface area (Å²) in [7, 11) is 0. The summed E-state index contributed by atoms with van der Waals surface area (Å²) in [5.74, 6) is -3.21. The molecular formula is C11H18F2N2OS. The molecule has 3 nitrogen and oxygen atoms in total. The number of carbonyl (C=O) groups excluding carboxylic acids is 1. The first-order valence-corrected chi connectivity index (χ1v) is 6.05. The molecule has 6 heteroatoms. The van der Waals surface area contributed by atoms with Crippen molar-refractivity contribution >= 4 is 23.1 Å². The summed E-state index contributed by atoms with van der Waals surface area (Å²) in [6.45, 7) is 3.40. The SMILES string of the molecule is CC(C)(NC(=O)C1CCC(F)(F)CC1)C(N)=S. The van der Waals surface area contributed by atoms with Crippen LogP contribution in [0.15, 0.2) is 0 Å². The van der Waals surface area contributed by atoms with Crippen molar-refractivity contribution in [1.82, 2.24) is 5.32 Å². The third-order valence-electron chi connectivity index (χ3n) is 3.14. The fourth-order valence-corrected chi connectivity index (χ4v) is 1.83. The number of nitrogens with one attached hydrogen (secondary N) is 1. The van der Waals surface area contributed by atoms with Crippen molar-refractivity contribution in [2.75, 3.05) is 0 Å². The van der Waals surface area contributed by atoms with Crippen LogP contribution in [0.4, 0.5) is 8.78 Å². The predicted molar refractivity (Wildman–Crippen MR) is 65.9 cm³/mol. The molecule has 17 heavy (non-hydrogen) atoms. The number of nitrogens with two attached hydrogens (primary N) is 1. The third-order valence-corrected chi connectivity index (χ3v) is 3.65. The van der Waals surface area contributed by atoms with E-state index in [4.69, 9.17) is 18.0 Å². The van der Waals surface area contributed by atoms with E-state index >= 15 is 0 Å². The summed E-state index contributed by atoms with van der Waals surface area (Å²) < 4.78 is 25.9. The van der Waals surface area contributed by atoms with Gasteiger partial charge in [-0.15, -0.1) is 0 Å². The minimum atomic E-state index is -2.62. The van der Waals surface area contributed by atoms with E-state index in [1.54, 1.807) is 13.8 Å². The van der Waals surface area contributed by atoms with Gasteiger partial charge in [-0.3, -0.25) is 4.79 Å². The lowest BCUT2D eigenvalue weighted by atomic mass is 9.85. The van der Waals surface area contributed by atoms with Gasteiger partial charge in [-0.1, -0.05) is 12.2 Å². The summed E-state index contributed by atoms with van der Waals surface area (Å²) in [6.07, 6.45) is -0.0182. The second-order valence-corrected chi connectivity index (χ2v) is 5.55. The van der Waals surface area contributed by atoms with Gasteiger partial charge in [-0.2, -0.15) is 0 Å². The first kappa shape index (κ1) is 14.3. The number of carbonyl (C=O) groups is 1. The Morgan fingerprint density at radius 1 is 1.41 bits per heavy atom. The maximum absolute atomic E-state index is 12.9. The van der Waals surface area contributed by atoms with E-state index in [-0.39, 0.29) is 42.5 Å². The summed E-state index contributed by atoms with van der Waals surface area (Å²) >= 11 is 4.83. The van der Waals surface area contributed by atoms with E-state index < -0.39 is 11.5 Å². The van der Waals surface area contributed by atoms with Gasteiger partial charge in [0.2, 0.25) is 11.8 Å². The Bertz CT molecular complexity index is 321. The zero-order chi connectivity index (χ0) is 13.3. The first-order chi connectivity index (χ1) is 7.64. The molecule has 0 aliphatic heterocycles. The van der Waals surface area contributed by atoms with Crippen LogP contribution in [0.2, 0.25) is 0 Å². The molecule has 0 heterocycles. The Labute approximate surface area is 105 Å². The van der Waals surface area contributed by atoms with Gasteiger partial charge >= 0.3 is 0 Å². The average Bonchev–Trinajstić information content (AvgIpc) is 2.16. The second-order valence-electron chi connectivity index (χ2n) is 5.11. The molecule has 1 saturated carbocycles. The third kappa shape index (κ3) is 3.87. The van der Waals surface area contributed by atoms with Gasteiger partial charge < -0.3 is 11.1 Å². The van der Waals surface area contributed by atoms with E-state index in [0.717, 1.165) is 0 Å². The molecule has 0 bridgehead atoms. The van der Waals surface area contributed by atoms with Crippen molar-refractivity contribution in [3.63, 3.8) is 0 Å². The van der Waals surface area contributed by atoms with E-state index in [2.05, 4.69) is 5.32 Å². The van der Waals surface area contributed by atoms with Crippen LogP contribution in [-0.4, -0.2) is 22.4 Å². The van der Waals surface area contributed by atoms with Crippen LogP contribution in [0.3, 0.4) is 0 Å². The summed E-state index contributed by atoms with van der Waals surface area (Å²) in [5, 5.41) is 2.70. The number of amides is 1. The van der Waals surface area contributed by atoms with Gasteiger partial charge in [-0.25, -0.2) is 8.78 Å². The van der Waals surface area contributed by atoms with Crippen molar-refractivity contribution in [3.05, 3.63) is 0 Å². The fourth-order valence-electron chi connectivity index (χ4n) is 1.77. The van der Waals surface area contributed by atoms with Crippen LogP contribution in [0, 0.1) is 5.92 Å². The number of hydrogen-bond donors (Lipinski definition) is 2. The zero-order valence-electron chi connectivity index (χ0n) is 10.1. The smallest absolute Gasteiger partial charge is 0.248 e. The molecule has 0 aromatic carbocycles. The lowest BCUT2D eigenvalue weighted by molar-refractivity contribution is -0.130. The van der Waals surface area contributed by atoms with Crippen LogP contribution >= 0.6 is 12.2 Å². The molecule has 0 radical (unpaired) electrons. The highest BCUT2D eigenvalue weighted by molar-refractivity contribution is 7.80. The van der Waals surface area contributed by atoms with Crippen LogP contribution in [0.1, 0.15) is 39.5 Å². The quantitative estimate of drug-likeness (QED) is 0.766. The van der Waals surface area contributed by atoms with Crippen molar-refractivity contribution in [2.45, 2.75) is 51.0 Å². The minimum Gasteiger partial charge on any atom is -0.391 e. The fraction of sp³-hybridized carbons (Fsp3) is 0.818. The molecular weight excluding hydrogens is 246 g/mol. The Kier molecular flexibility index (Phi) is 4.06. The monoisotopic (exact) mass is 264 g/mol. The second kappa shape index (κ2) is 4.84. The Hall–Kier alpha value is -0.780. The van der Waals surface area contributed by atoms with Crippen LogP contribution in [0.25, 0.3) is 0 Å². The molecule has 0 atom stereocenters. The number of hydrogen-bond acceptors (Lipinski definition) is 2. The van der Waals surface area contributed by atoms with Gasteiger partial charge in [0, 0.05) is 18.8 Å². The van der Waals surface area contributed by atoms with Crippen molar-refractivity contribution in [2.24, 2.45) is 11.7 Å². The molecule has 1 aliphatic carbocycles. The summed E-state index contributed by atoms with van der Waals surface area (Å²) in [5.41, 5.74) is 4.72. The van der Waals surface area contributed by atoms with Crippen LogP contribution in [-0.2, 0) is 4.79 Å². The number of thiocarbonyl (C=S) groups is 1. The Balaban J connectivity index is 2.53. The predicted octanol–water partition coefficient (Wildman–Crippen LogP) is 1.99. The highest BCUT2D eigenvalue weighted by atomic mass is 32.1. The topological polar surface area (TPSA) is 55.1 Å². The maximum atomic E-state index is 12.9. The molecule has 0 saturated heterocycles. The molecule has 0 spiro atoms. The molecule has 98 valence electrons. The van der Waals surface area contributed by atoms with Crippen molar-refractivity contribution in [3.8, 4) is 0 Å². The van der Waals surface area contributed by atoms with Crippen molar-refractivity contribution in [1.29, 1.82) is 0 Å². The Morgan fingerprint density at radius 2 is 1.88 bits per heavy atom. The molecule has 0 aromatic heterocycles. The molecule has 1 aliphatic rings. The van der Waals surface area contributed by atoms with Crippen LogP contribution in [0.5, 0.6) is 0 Å². The highest BCUT2D eigenvalue weighted by Crippen LogP contribution is 2.36. The highest BCUT2D eigenvalue weighted by Gasteiger charge is 2.38.